The van der Waals surface area contributed by atoms with Gasteiger partial charge in [0.2, 0.25) is 11.8 Å². The molecule has 1 aliphatic rings. The van der Waals surface area contributed by atoms with Gasteiger partial charge in [-0.2, -0.15) is 0 Å². The summed E-state index contributed by atoms with van der Waals surface area (Å²) in [6, 6.07) is 4.71. The number of barbiturate groups is 1. The van der Waals surface area contributed by atoms with Gasteiger partial charge in [-0.25, -0.2) is 9.69 Å². The predicted octanol–water partition coefficient (Wildman–Crippen LogP) is 1.53. The van der Waals surface area contributed by atoms with E-state index >= 15 is 0 Å². The highest BCUT2D eigenvalue weighted by Crippen LogP contribution is 2.22. The minimum atomic E-state index is -0.679. The van der Waals surface area contributed by atoms with Crippen molar-refractivity contribution in [1.29, 1.82) is 0 Å². The third-order valence-corrected chi connectivity index (χ3v) is 2.98. The first-order chi connectivity index (χ1) is 8.52. The van der Waals surface area contributed by atoms with E-state index < -0.39 is 17.8 Å². The van der Waals surface area contributed by atoms with Crippen LogP contribution in [0.15, 0.2) is 18.2 Å². The fourth-order valence-corrected chi connectivity index (χ4v) is 1.99. The van der Waals surface area contributed by atoms with E-state index in [-0.39, 0.29) is 6.42 Å². The first-order valence-electron chi connectivity index (χ1n) is 5.79. The molecule has 94 valence electrons. The minimum absolute atomic E-state index is 0.291. The van der Waals surface area contributed by atoms with Crippen molar-refractivity contribution in [2.24, 2.45) is 0 Å². The lowest BCUT2D eigenvalue weighted by Crippen LogP contribution is -2.52. The lowest BCUT2D eigenvalue weighted by molar-refractivity contribution is -0.128. The summed E-state index contributed by atoms with van der Waals surface area (Å²) in [7, 11) is 0. The second kappa shape index (κ2) is 4.60. The molecule has 1 aromatic rings. The number of benzene rings is 1. The molecule has 0 radical (unpaired) electrons. The summed E-state index contributed by atoms with van der Waals surface area (Å²) in [4.78, 5) is 35.5. The molecule has 5 nitrogen and oxygen atoms in total. The maximum Gasteiger partial charge on any atom is 0.335 e. The summed E-state index contributed by atoms with van der Waals surface area (Å²) >= 11 is 0. The molecule has 0 spiro atoms. The Morgan fingerprint density at radius 1 is 1.28 bits per heavy atom. The van der Waals surface area contributed by atoms with Crippen LogP contribution in [0.4, 0.5) is 10.5 Å². The largest absolute Gasteiger partial charge is 0.335 e. The number of imide groups is 2. The molecule has 1 aliphatic heterocycles. The number of aryl methyl sites for hydroxylation is 2. The van der Waals surface area contributed by atoms with Crippen LogP contribution in [0.25, 0.3) is 0 Å². The first-order valence-corrected chi connectivity index (χ1v) is 5.79. The third kappa shape index (κ3) is 2.11. The summed E-state index contributed by atoms with van der Waals surface area (Å²) < 4.78 is 0. The van der Waals surface area contributed by atoms with Crippen LogP contribution >= 0.6 is 0 Å². The lowest BCUT2D eigenvalue weighted by atomic mass is 10.0. The molecular weight excluding hydrogens is 232 g/mol. The zero-order chi connectivity index (χ0) is 13.3. The number of rotatable bonds is 2. The van der Waals surface area contributed by atoms with E-state index in [1.54, 1.807) is 6.07 Å². The molecule has 0 unspecified atom stereocenters. The molecule has 2 rings (SSSR count). The predicted molar refractivity (Wildman–Crippen MR) is 66.2 cm³/mol. The summed E-state index contributed by atoms with van der Waals surface area (Å²) in [5.41, 5.74) is 2.69. The normalized spacial score (nSPS) is 15.9. The molecule has 0 saturated carbocycles. The SMILES string of the molecule is CCc1cc(N2C(=O)CC(=O)NC2=O)ccc1C. The Bertz CT molecular complexity index is 517. The maximum atomic E-state index is 11.7. The average molecular weight is 246 g/mol. The van der Waals surface area contributed by atoms with Gasteiger partial charge in [-0.05, 0) is 36.6 Å². The van der Waals surface area contributed by atoms with Crippen LogP contribution < -0.4 is 10.2 Å². The molecule has 1 saturated heterocycles. The zero-order valence-corrected chi connectivity index (χ0v) is 10.3. The van der Waals surface area contributed by atoms with Gasteiger partial charge in [0.05, 0.1) is 5.69 Å². The summed E-state index contributed by atoms with van der Waals surface area (Å²) in [5, 5.41) is 2.14. The van der Waals surface area contributed by atoms with E-state index in [1.165, 1.54) is 0 Å². The Hall–Kier alpha value is -2.17. The van der Waals surface area contributed by atoms with Gasteiger partial charge in [0, 0.05) is 0 Å². The second-order valence-electron chi connectivity index (χ2n) is 4.22. The van der Waals surface area contributed by atoms with Crippen molar-refractivity contribution in [2.75, 3.05) is 4.90 Å². The number of anilines is 1. The molecular formula is C13H14N2O3. The van der Waals surface area contributed by atoms with Crippen LogP contribution in [0.2, 0.25) is 0 Å². The Morgan fingerprint density at radius 2 is 2.00 bits per heavy atom. The Balaban J connectivity index is 2.39. The van der Waals surface area contributed by atoms with E-state index in [0.29, 0.717) is 5.69 Å². The van der Waals surface area contributed by atoms with Gasteiger partial charge < -0.3 is 0 Å². The molecule has 1 heterocycles. The highest BCUT2D eigenvalue weighted by Gasteiger charge is 2.32. The minimum Gasteiger partial charge on any atom is -0.277 e. The quantitative estimate of drug-likeness (QED) is 0.805. The first kappa shape index (κ1) is 12.3. The molecule has 0 aromatic heterocycles. The van der Waals surface area contributed by atoms with Crippen LogP contribution in [-0.2, 0) is 16.0 Å². The number of hydrogen-bond donors (Lipinski definition) is 1. The molecule has 18 heavy (non-hydrogen) atoms. The van der Waals surface area contributed by atoms with E-state index in [4.69, 9.17) is 0 Å². The third-order valence-electron chi connectivity index (χ3n) is 2.98. The summed E-state index contributed by atoms with van der Waals surface area (Å²) in [6.07, 6.45) is 0.531. The topological polar surface area (TPSA) is 66.5 Å². The smallest absolute Gasteiger partial charge is 0.277 e. The fourth-order valence-electron chi connectivity index (χ4n) is 1.99. The molecule has 1 aromatic carbocycles. The number of carbonyl (C=O) groups excluding carboxylic acids is 3. The van der Waals surface area contributed by atoms with Gasteiger partial charge in [-0.15, -0.1) is 0 Å². The molecule has 4 amide bonds. The van der Waals surface area contributed by atoms with E-state index in [2.05, 4.69) is 5.32 Å². The van der Waals surface area contributed by atoms with Gasteiger partial charge in [-0.3, -0.25) is 14.9 Å². The van der Waals surface area contributed by atoms with Crippen LogP contribution in [-0.4, -0.2) is 17.8 Å². The zero-order valence-electron chi connectivity index (χ0n) is 10.3. The van der Waals surface area contributed by atoms with Gasteiger partial charge in [-0.1, -0.05) is 13.0 Å². The number of carbonyl (C=O) groups is 3. The molecule has 5 heteroatoms. The molecule has 1 fully saturated rings. The average Bonchev–Trinajstić information content (AvgIpc) is 2.30. The van der Waals surface area contributed by atoms with Gasteiger partial charge in [0.25, 0.3) is 0 Å². The molecule has 1 N–H and O–H groups in total. The standard InChI is InChI=1S/C13H14N2O3/c1-3-9-6-10(5-4-8(9)2)15-12(17)7-11(16)14-13(15)18/h4-6H,3,7H2,1-2H3,(H,14,16,18). The van der Waals surface area contributed by atoms with Crippen molar-refractivity contribution >= 4 is 23.5 Å². The number of nitrogens with one attached hydrogen (secondary N) is 1. The number of amides is 4. The highest BCUT2D eigenvalue weighted by molar-refractivity contribution is 6.26. The number of urea groups is 1. The van der Waals surface area contributed by atoms with Crippen molar-refractivity contribution < 1.29 is 14.4 Å². The molecule has 0 aliphatic carbocycles. The van der Waals surface area contributed by atoms with Crippen LogP contribution in [0.1, 0.15) is 24.5 Å². The van der Waals surface area contributed by atoms with Crippen molar-refractivity contribution in [3.63, 3.8) is 0 Å². The monoisotopic (exact) mass is 246 g/mol. The van der Waals surface area contributed by atoms with Gasteiger partial charge in [0.1, 0.15) is 6.42 Å². The number of hydrogen-bond acceptors (Lipinski definition) is 3. The van der Waals surface area contributed by atoms with Gasteiger partial charge in [0.15, 0.2) is 0 Å². The second-order valence-corrected chi connectivity index (χ2v) is 4.22. The maximum absolute atomic E-state index is 11.7. The summed E-state index contributed by atoms with van der Waals surface area (Å²) in [6.45, 7) is 3.98. The Morgan fingerprint density at radius 3 is 2.61 bits per heavy atom. The van der Waals surface area contributed by atoms with Crippen LogP contribution in [0.3, 0.4) is 0 Å². The van der Waals surface area contributed by atoms with E-state index in [0.717, 1.165) is 22.4 Å². The highest BCUT2D eigenvalue weighted by atomic mass is 16.2. The van der Waals surface area contributed by atoms with Crippen molar-refractivity contribution in [3.8, 4) is 0 Å². The van der Waals surface area contributed by atoms with E-state index in [9.17, 15) is 14.4 Å². The van der Waals surface area contributed by atoms with Gasteiger partial charge >= 0.3 is 6.03 Å². The van der Waals surface area contributed by atoms with Crippen LogP contribution in [0.5, 0.6) is 0 Å². The fraction of sp³-hybridized carbons (Fsp3) is 0.308. The number of nitrogens with zero attached hydrogens (tertiary/aromatic N) is 1. The molecule has 0 atom stereocenters. The molecule has 0 bridgehead atoms. The van der Waals surface area contributed by atoms with Crippen molar-refractivity contribution in [2.45, 2.75) is 26.7 Å². The summed E-state index contributed by atoms with van der Waals surface area (Å²) in [5.74, 6) is -1.04. The van der Waals surface area contributed by atoms with Crippen LogP contribution in [0, 0.1) is 6.92 Å². The Labute approximate surface area is 105 Å². The lowest BCUT2D eigenvalue weighted by Gasteiger charge is -2.25. The Kier molecular flexibility index (Phi) is 3.14. The van der Waals surface area contributed by atoms with E-state index in [1.807, 2.05) is 26.0 Å². The van der Waals surface area contributed by atoms with Crippen molar-refractivity contribution in [1.82, 2.24) is 5.32 Å². The van der Waals surface area contributed by atoms with Crippen molar-refractivity contribution in [3.05, 3.63) is 29.3 Å².